The lowest BCUT2D eigenvalue weighted by Gasteiger charge is -2.43. The van der Waals surface area contributed by atoms with Gasteiger partial charge in [0.2, 0.25) is 5.95 Å². The molecule has 50 heavy (non-hydrogen) atoms. The van der Waals surface area contributed by atoms with Crippen LogP contribution in [0.15, 0.2) is 59.6 Å². The van der Waals surface area contributed by atoms with Crippen molar-refractivity contribution in [2.75, 3.05) is 82.3 Å². The number of likely N-dealkylation sites (N-methyl/N-ethyl adjacent to an activating group) is 1. The van der Waals surface area contributed by atoms with Crippen LogP contribution in [0.25, 0.3) is 22.3 Å². The summed E-state index contributed by atoms with van der Waals surface area (Å²) in [6, 6.07) is 10.5. The monoisotopic (exact) mass is 759 g/mol. The molecule has 0 bridgehead atoms. The molecular weight excluding hydrogens is 717 g/mol. The van der Waals surface area contributed by atoms with Crippen LogP contribution < -0.4 is 25.6 Å². The molecule has 13 nitrogen and oxygen atoms in total. The molecule has 2 saturated heterocycles. The van der Waals surface area contributed by atoms with E-state index in [1.54, 1.807) is 39.0 Å². The lowest BCUT2D eigenvalue weighted by Crippen LogP contribution is -2.52. The molecule has 2 aromatic carbocycles. The van der Waals surface area contributed by atoms with Gasteiger partial charge in [-0.15, -0.1) is 0 Å². The van der Waals surface area contributed by atoms with E-state index >= 15 is 0 Å². The van der Waals surface area contributed by atoms with Crippen molar-refractivity contribution in [2.24, 2.45) is 7.05 Å². The first-order valence-electron chi connectivity index (χ1n) is 16.8. The van der Waals surface area contributed by atoms with Crippen molar-refractivity contribution in [3.8, 4) is 17.0 Å². The fourth-order valence-corrected chi connectivity index (χ4v) is 8.63. The number of fused-ring (bicyclic) bond motifs is 1. The quantitative estimate of drug-likeness (QED) is 0.183. The highest BCUT2D eigenvalue weighted by Crippen LogP contribution is 2.43. The average molecular weight is 761 g/mol. The molecule has 0 atom stereocenters. The maximum absolute atomic E-state index is 13.5. The maximum Gasteiger partial charge on any atom is 0.229 e. The second-order valence-corrected chi connectivity index (χ2v) is 17.4. The Morgan fingerprint density at radius 3 is 2.38 bits per heavy atom. The molecule has 0 saturated carbocycles. The number of nitrogens with zero attached hydrogens (tertiary/aromatic N) is 9. The summed E-state index contributed by atoms with van der Waals surface area (Å²) in [7, 11) is 3.05. The number of anilines is 5. The van der Waals surface area contributed by atoms with Gasteiger partial charge in [-0.2, -0.15) is 10.1 Å². The van der Waals surface area contributed by atoms with Crippen molar-refractivity contribution in [3.63, 3.8) is 0 Å². The van der Waals surface area contributed by atoms with Crippen molar-refractivity contribution in [2.45, 2.75) is 18.9 Å². The Hall–Kier alpha value is -4.10. The van der Waals surface area contributed by atoms with E-state index < -0.39 is 7.14 Å². The van der Waals surface area contributed by atoms with E-state index in [-0.39, 0.29) is 0 Å². The van der Waals surface area contributed by atoms with Crippen molar-refractivity contribution in [1.29, 1.82) is 0 Å². The van der Waals surface area contributed by atoms with Crippen LogP contribution in [-0.4, -0.2) is 112 Å². The Balaban J connectivity index is 1.18. The van der Waals surface area contributed by atoms with Gasteiger partial charge in [0.05, 0.1) is 45.2 Å². The van der Waals surface area contributed by atoms with Gasteiger partial charge in [0.15, 0.2) is 0 Å². The van der Waals surface area contributed by atoms with Gasteiger partial charge < -0.3 is 29.7 Å². The number of methoxy groups -OCH3 is 1. The highest BCUT2D eigenvalue weighted by atomic mass is 79.9. The maximum atomic E-state index is 13.5. The number of halogens is 1. The van der Waals surface area contributed by atoms with Gasteiger partial charge in [0.1, 0.15) is 24.2 Å². The predicted molar refractivity (Wildman–Crippen MR) is 204 cm³/mol. The summed E-state index contributed by atoms with van der Waals surface area (Å²) in [5.74, 6) is 1.54. The number of hydrogen-bond acceptors (Lipinski definition) is 12. The Morgan fingerprint density at radius 1 is 0.920 bits per heavy atom. The molecule has 0 radical (unpaired) electrons. The highest BCUT2D eigenvalue weighted by molar-refractivity contribution is 9.10. The molecule has 262 valence electrons. The van der Waals surface area contributed by atoms with Crippen LogP contribution >= 0.6 is 23.1 Å². The van der Waals surface area contributed by atoms with E-state index in [4.69, 9.17) is 14.8 Å². The molecule has 2 aliphatic heterocycles. The standard InChI is InChI=1S/C35H43BrN11O2P/c1-44-16-18-46(19-17-44)23-8-14-47(15-9-23)30-21-31(49-3)29(20-24(30)26-10-13-45(2)43-26)41-35-39-22-25(36)34(42-35)40-28-7-6-27-32(38-12-11-37-27)33(28)50(4,5)48/h6-7,10-13,20-23H,8-9,14-19H2,1-5H3,(H2,39,40,41,42). The molecule has 7 rings (SSSR count). The molecule has 0 aliphatic carbocycles. The van der Waals surface area contributed by atoms with Crippen LogP contribution in [-0.2, 0) is 11.6 Å². The van der Waals surface area contributed by atoms with Crippen molar-refractivity contribution in [1.82, 2.24) is 39.5 Å². The molecule has 0 spiro atoms. The molecule has 5 aromatic rings. The van der Waals surface area contributed by atoms with Gasteiger partial charge >= 0.3 is 0 Å². The summed E-state index contributed by atoms with van der Waals surface area (Å²) in [5, 5.41) is 12.2. The second kappa shape index (κ2) is 14.3. The number of benzene rings is 2. The minimum absolute atomic E-state index is 0.361. The summed E-state index contributed by atoms with van der Waals surface area (Å²) in [5.41, 5.74) is 5.62. The number of rotatable bonds is 9. The zero-order chi connectivity index (χ0) is 35.0. The lowest BCUT2D eigenvalue weighted by molar-refractivity contribution is 0.0982. The zero-order valence-electron chi connectivity index (χ0n) is 29.1. The first kappa shape index (κ1) is 34.4. The van der Waals surface area contributed by atoms with Crippen LogP contribution in [0.5, 0.6) is 5.75 Å². The number of ether oxygens (including phenoxy) is 1. The number of piperidine rings is 1. The number of aryl methyl sites for hydroxylation is 1. The van der Waals surface area contributed by atoms with Gasteiger partial charge in [0.25, 0.3) is 0 Å². The topological polar surface area (TPSA) is 129 Å². The zero-order valence-corrected chi connectivity index (χ0v) is 31.6. The second-order valence-electron chi connectivity index (χ2n) is 13.4. The molecule has 3 aromatic heterocycles. The normalized spacial score (nSPS) is 16.6. The summed E-state index contributed by atoms with van der Waals surface area (Å²) in [6.07, 6.45) is 9.12. The molecule has 5 heterocycles. The van der Waals surface area contributed by atoms with E-state index in [0.717, 1.165) is 69.1 Å². The van der Waals surface area contributed by atoms with E-state index in [2.05, 4.69) is 75.4 Å². The van der Waals surface area contributed by atoms with E-state index in [9.17, 15) is 4.57 Å². The Kier molecular flexibility index (Phi) is 9.80. The van der Waals surface area contributed by atoms with Crippen LogP contribution in [0, 0.1) is 0 Å². The van der Waals surface area contributed by atoms with Crippen LogP contribution in [0.3, 0.4) is 0 Å². The molecule has 0 unspecified atom stereocenters. The minimum atomic E-state index is -2.77. The summed E-state index contributed by atoms with van der Waals surface area (Å²) in [6.45, 7) is 9.93. The van der Waals surface area contributed by atoms with Gasteiger partial charge in [-0.3, -0.25) is 19.5 Å². The fraction of sp³-hybridized carbons (Fsp3) is 0.400. The predicted octanol–water partition coefficient (Wildman–Crippen LogP) is 5.54. The number of nitrogens with one attached hydrogen (secondary N) is 2. The summed E-state index contributed by atoms with van der Waals surface area (Å²) >= 11 is 3.60. The lowest BCUT2D eigenvalue weighted by atomic mass is 9.99. The Bertz CT molecular complexity index is 2050. The van der Waals surface area contributed by atoms with E-state index in [1.807, 2.05) is 36.1 Å². The van der Waals surface area contributed by atoms with Crippen molar-refractivity contribution in [3.05, 3.63) is 59.6 Å². The third kappa shape index (κ3) is 7.20. The third-order valence-corrected chi connectivity index (χ3v) is 11.7. The Labute approximate surface area is 301 Å². The molecule has 15 heteroatoms. The van der Waals surface area contributed by atoms with Gasteiger partial charge in [-0.1, -0.05) is 0 Å². The minimum Gasteiger partial charge on any atom is -0.494 e. The molecule has 2 fully saturated rings. The SMILES string of the molecule is COc1cc(N2CCC(N3CCN(C)CC3)CC2)c(-c2ccn(C)n2)cc1Nc1ncc(Br)c(Nc2ccc3nccnc3c2P(C)(C)=O)n1. The van der Waals surface area contributed by atoms with Gasteiger partial charge in [-0.05, 0) is 73.4 Å². The molecule has 0 amide bonds. The molecule has 2 N–H and O–H groups in total. The number of aromatic nitrogens is 6. The van der Waals surface area contributed by atoms with Crippen molar-refractivity contribution >= 4 is 68.2 Å². The largest absolute Gasteiger partial charge is 0.494 e. The van der Waals surface area contributed by atoms with Crippen molar-refractivity contribution < 1.29 is 9.30 Å². The van der Waals surface area contributed by atoms with Gasteiger partial charge in [-0.25, -0.2) is 4.98 Å². The summed E-state index contributed by atoms with van der Waals surface area (Å²) < 4.78 is 21.9. The van der Waals surface area contributed by atoms with Crippen LogP contribution in [0.2, 0.25) is 0 Å². The van der Waals surface area contributed by atoms with Gasteiger partial charge in [0, 0.05) is 88.8 Å². The summed E-state index contributed by atoms with van der Waals surface area (Å²) in [4.78, 5) is 25.9. The first-order valence-corrected chi connectivity index (χ1v) is 20.2. The average Bonchev–Trinajstić information content (AvgIpc) is 3.55. The fourth-order valence-electron chi connectivity index (χ4n) is 6.95. The molecular formula is C35H43BrN11O2P. The highest BCUT2D eigenvalue weighted by Gasteiger charge is 2.29. The first-order chi connectivity index (χ1) is 24.1. The van der Waals surface area contributed by atoms with Crippen LogP contribution in [0.4, 0.5) is 28.8 Å². The van der Waals surface area contributed by atoms with E-state index in [0.29, 0.717) is 55.7 Å². The number of hydrogen-bond donors (Lipinski definition) is 2. The van der Waals surface area contributed by atoms with Crippen LogP contribution in [0.1, 0.15) is 12.8 Å². The molecule has 2 aliphatic rings. The third-order valence-electron chi connectivity index (χ3n) is 9.56. The van der Waals surface area contributed by atoms with E-state index in [1.165, 1.54) is 0 Å². The smallest absolute Gasteiger partial charge is 0.229 e. The Morgan fingerprint density at radius 2 is 1.68 bits per heavy atom. The number of piperazine rings is 1.